The van der Waals surface area contributed by atoms with Crippen LogP contribution in [0.2, 0.25) is 0 Å². The molecule has 1 unspecified atom stereocenters. The highest BCUT2D eigenvalue weighted by atomic mass is 16.6. The van der Waals surface area contributed by atoms with Crippen molar-refractivity contribution in [3.8, 4) is 0 Å². The zero-order valence-corrected chi connectivity index (χ0v) is 10.0. The van der Waals surface area contributed by atoms with Crippen LogP contribution < -0.4 is 0 Å². The van der Waals surface area contributed by atoms with Gasteiger partial charge in [0, 0.05) is 5.92 Å². The summed E-state index contributed by atoms with van der Waals surface area (Å²) in [6.07, 6.45) is 2.98. The first kappa shape index (κ1) is 12.2. The average Bonchev–Trinajstić information content (AvgIpc) is 1.96. The fraction of sp³-hybridized carbons (Fsp3) is 0.833. The van der Waals surface area contributed by atoms with Gasteiger partial charge in [-0.05, 0) is 40.5 Å². The van der Waals surface area contributed by atoms with E-state index in [1.807, 2.05) is 20.8 Å². The van der Waals surface area contributed by atoms with E-state index in [0.29, 0.717) is 0 Å². The van der Waals surface area contributed by atoms with Crippen molar-refractivity contribution in [1.29, 1.82) is 0 Å². The molecule has 3 nitrogen and oxygen atoms in total. The number of Topliss-reactive ketones (excluding diaryl/α,β-unsaturated/α-hetero) is 1. The Morgan fingerprint density at radius 2 is 1.80 bits per heavy atom. The molecule has 0 bridgehead atoms. The maximum Gasteiger partial charge on any atom is 0.316 e. The smallest absolute Gasteiger partial charge is 0.316 e. The molecule has 1 fully saturated rings. The molecule has 0 aliphatic heterocycles. The van der Waals surface area contributed by atoms with Gasteiger partial charge in [0.25, 0.3) is 0 Å². The molecular formula is C12H20O3. The monoisotopic (exact) mass is 212 g/mol. The minimum absolute atomic E-state index is 0.0514. The van der Waals surface area contributed by atoms with Gasteiger partial charge in [0.2, 0.25) is 0 Å². The van der Waals surface area contributed by atoms with Crippen LogP contribution in [0.1, 0.15) is 47.0 Å². The maximum atomic E-state index is 11.8. The lowest BCUT2D eigenvalue weighted by Gasteiger charge is -2.27. The standard InChI is InChI=1S/C12H20O3/c1-8(10(13)9-6-5-7-9)11(14)15-12(2,3)4/h8-9H,5-7H2,1-4H3. The van der Waals surface area contributed by atoms with Crippen LogP contribution in [0.15, 0.2) is 0 Å². The van der Waals surface area contributed by atoms with Gasteiger partial charge in [0.1, 0.15) is 17.3 Å². The summed E-state index contributed by atoms with van der Waals surface area (Å²) in [7, 11) is 0. The SMILES string of the molecule is CC(C(=O)OC(C)(C)C)C(=O)C1CCC1. The zero-order valence-electron chi connectivity index (χ0n) is 10.0. The van der Waals surface area contributed by atoms with Crippen molar-refractivity contribution in [2.45, 2.75) is 52.6 Å². The Hall–Kier alpha value is -0.860. The first-order valence-corrected chi connectivity index (χ1v) is 5.58. The van der Waals surface area contributed by atoms with Crippen molar-refractivity contribution in [3.63, 3.8) is 0 Å². The largest absolute Gasteiger partial charge is 0.459 e. The van der Waals surface area contributed by atoms with E-state index in [2.05, 4.69) is 0 Å². The molecule has 0 aromatic carbocycles. The van der Waals surface area contributed by atoms with E-state index >= 15 is 0 Å². The van der Waals surface area contributed by atoms with E-state index in [0.717, 1.165) is 19.3 Å². The second kappa shape index (κ2) is 4.33. The molecule has 1 aliphatic carbocycles. The quantitative estimate of drug-likeness (QED) is 0.532. The number of esters is 1. The van der Waals surface area contributed by atoms with Gasteiger partial charge in [-0.15, -0.1) is 0 Å². The minimum Gasteiger partial charge on any atom is -0.459 e. The number of ketones is 1. The topological polar surface area (TPSA) is 43.4 Å². The summed E-state index contributed by atoms with van der Waals surface area (Å²) >= 11 is 0. The second-order valence-corrected chi connectivity index (χ2v) is 5.29. The molecule has 0 radical (unpaired) electrons. The third-order valence-electron chi connectivity index (χ3n) is 2.69. The number of ether oxygens (including phenoxy) is 1. The van der Waals surface area contributed by atoms with Crippen LogP contribution in [-0.2, 0) is 14.3 Å². The zero-order chi connectivity index (χ0) is 11.6. The highest BCUT2D eigenvalue weighted by Crippen LogP contribution is 2.30. The number of rotatable bonds is 3. The summed E-state index contributed by atoms with van der Waals surface area (Å²) in [5.74, 6) is -0.836. The van der Waals surface area contributed by atoms with E-state index in [4.69, 9.17) is 4.74 Å². The molecule has 0 amide bonds. The molecule has 86 valence electrons. The molecule has 0 N–H and O–H groups in total. The van der Waals surface area contributed by atoms with Gasteiger partial charge < -0.3 is 4.74 Å². The molecule has 15 heavy (non-hydrogen) atoms. The minimum atomic E-state index is -0.602. The predicted octanol–water partition coefficient (Wildman–Crippen LogP) is 2.33. The van der Waals surface area contributed by atoms with Gasteiger partial charge in [-0.3, -0.25) is 9.59 Å². The van der Waals surface area contributed by atoms with E-state index < -0.39 is 11.5 Å². The highest BCUT2D eigenvalue weighted by Gasteiger charge is 2.34. The van der Waals surface area contributed by atoms with Crippen molar-refractivity contribution >= 4 is 11.8 Å². The Kier molecular flexibility index (Phi) is 3.53. The Balaban J connectivity index is 2.48. The van der Waals surface area contributed by atoms with Crippen LogP contribution in [0, 0.1) is 11.8 Å². The molecule has 1 aliphatic rings. The summed E-state index contributed by atoms with van der Waals surface area (Å²) in [6, 6.07) is 0. The first-order chi connectivity index (χ1) is 6.81. The van der Waals surface area contributed by atoms with Gasteiger partial charge in [-0.1, -0.05) is 6.42 Å². The van der Waals surface area contributed by atoms with Gasteiger partial charge >= 0.3 is 5.97 Å². The Morgan fingerprint density at radius 1 is 1.27 bits per heavy atom. The van der Waals surface area contributed by atoms with E-state index in [1.54, 1.807) is 6.92 Å². The lowest BCUT2D eigenvalue weighted by atomic mass is 9.78. The van der Waals surface area contributed by atoms with Gasteiger partial charge in [0.05, 0.1) is 0 Å². The van der Waals surface area contributed by atoms with Crippen molar-refractivity contribution in [2.24, 2.45) is 11.8 Å². The van der Waals surface area contributed by atoms with Crippen molar-refractivity contribution < 1.29 is 14.3 Å². The van der Waals surface area contributed by atoms with E-state index in [-0.39, 0.29) is 17.7 Å². The molecule has 0 spiro atoms. The highest BCUT2D eigenvalue weighted by molar-refractivity contribution is 6.00. The van der Waals surface area contributed by atoms with Crippen LogP contribution in [0.25, 0.3) is 0 Å². The molecule has 1 rings (SSSR count). The van der Waals surface area contributed by atoms with Crippen LogP contribution in [0.5, 0.6) is 0 Å². The van der Waals surface area contributed by atoms with Crippen molar-refractivity contribution in [1.82, 2.24) is 0 Å². The number of carbonyl (C=O) groups excluding carboxylic acids is 2. The predicted molar refractivity (Wildman–Crippen MR) is 57.4 cm³/mol. The van der Waals surface area contributed by atoms with Crippen LogP contribution in [0.3, 0.4) is 0 Å². The second-order valence-electron chi connectivity index (χ2n) is 5.29. The average molecular weight is 212 g/mol. The molecule has 1 atom stereocenters. The van der Waals surface area contributed by atoms with Crippen LogP contribution in [0.4, 0.5) is 0 Å². The summed E-state index contributed by atoms with van der Waals surface area (Å²) in [5, 5.41) is 0. The molecule has 0 aromatic rings. The van der Waals surface area contributed by atoms with Gasteiger partial charge in [-0.2, -0.15) is 0 Å². The molecule has 0 heterocycles. The Labute approximate surface area is 91.2 Å². The van der Waals surface area contributed by atoms with Gasteiger partial charge in [0.15, 0.2) is 0 Å². The third-order valence-corrected chi connectivity index (χ3v) is 2.69. The summed E-state index contributed by atoms with van der Waals surface area (Å²) < 4.78 is 5.18. The number of carbonyl (C=O) groups is 2. The Bertz CT molecular complexity index is 259. The molecule has 3 heteroatoms. The lowest BCUT2D eigenvalue weighted by Crippen LogP contribution is -2.35. The number of hydrogen-bond donors (Lipinski definition) is 0. The van der Waals surface area contributed by atoms with Gasteiger partial charge in [-0.25, -0.2) is 0 Å². The van der Waals surface area contributed by atoms with Crippen LogP contribution >= 0.6 is 0 Å². The summed E-state index contributed by atoms with van der Waals surface area (Å²) in [5.41, 5.74) is -0.509. The lowest BCUT2D eigenvalue weighted by molar-refractivity contribution is -0.162. The molecular weight excluding hydrogens is 192 g/mol. The normalized spacial score (nSPS) is 19.2. The Morgan fingerprint density at radius 3 is 2.13 bits per heavy atom. The fourth-order valence-corrected chi connectivity index (χ4v) is 1.55. The molecule has 0 saturated heterocycles. The van der Waals surface area contributed by atoms with Crippen molar-refractivity contribution in [2.75, 3.05) is 0 Å². The molecule has 1 saturated carbocycles. The maximum absolute atomic E-state index is 11.8. The van der Waals surface area contributed by atoms with E-state index in [9.17, 15) is 9.59 Å². The first-order valence-electron chi connectivity index (χ1n) is 5.58. The summed E-state index contributed by atoms with van der Waals surface area (Å²) in [4.78, 5) is 23.4. The van der Waals surface area contributed by atoms with Crippen LogP contribution in [-0.4, -0.2) is 17.4 Å². The summed E-state index contributed by atoms with van der Waals surface area (Å²) in [6.45, 7) is 7.08. The number of hydrogen-bond acceptors (Lipinski definition) is 3. The third kappa shape index (κ3) is 3.33. The van der Waals surface area contributed by atoms with Crippen molar-refractivity contribution in [3.05, 3.63) is 0 Å². The fourth-order valence-electron chi connectivity index (χ4n) is 1.55. The molecule has 0 aromatic heterocycles. The van der Waals surface area contributed by atoms with E-state index in [1.165, 1.54) is 0 Å².